The minimum atomic E-state index is -0.551. The number of aromatic hydroxyl groups is 1. The predicted octanol–water partition coefficient (Wildman–Crippen LogP) is 2.02. The quantitative estimate of drug-likeness (QED) is 0.640. The summed E-state index contributed by atoms with van der Waals surface area (Å²) < 4.78 is 5.23. The summed E-state index contributed by atoms with van der Waals surface area (Å²) in [6.07, 6.45) is 1.53. The predicted molar refractivity (Wildman–Crippen MR) is 60.2 cm³/mol. The lowest BCUT2D eigenvalue weighted by molar-refractivity contribution is -0.132. The molecule has 5 nitrogen and oxygen atoms in total. The van der Waals surface area contributed by atoms with Crippen LogP contribution in [0.4, 0.5) is 0 Å². The maximum Gasteiger partial charge on any atom is 0.309 e. The van der Waals surface area contributed by atoms with Crippen molar-refractivity contribution >= 4 is 32.8 Å². The second-order valence-electron chi connectivity index (χ2n) is 3.05. The van der Waals surface area contributed by atoms with E-state index in [1.807, 2.05) is 0 Å². The lowest BCUT2D eigenvalue weighted by Crippen LogP contribution is -2.04. The van der Waals surface area contributed by atoms with E-state index >= 15 is 0 Å². The van der Waals surface area contributed by atoms with Crippen LogP contribution >= 0.6 is 15.9 Å². The van der Waals surface area contributed by atoms with Gasteiger partial charge in [-0.2, -0.15) is 0 Å². The zero-order valence-electron chi connectivity index (χ0n) is 8.27. The molecule has 2 aromatic heterocycles. The van der Waals surface area contributed by atoms with Gasteiger partial charge in [0.15, 0.2) is 0 Å². The van der Waals surface area contributed by atoms with E-state index in [4.69, 9.17) is 4.74 Å². The first-order valence-electron chi connectivity index (χ1n) is 4.41. The molecule has 16 heavy (non-hydrogen) atoms. The summed E-state index contributed by atoms with van der Waals surface area (Å²) in [5, 5.41) is 10.4. The van der Waals surface area contributed by atoms with E-state index < -0.39 is 5.97 Å². The highest BCUT2D eigenvalue weighted by Gasteiger charge is 2.15. The molecule has 2 heterocycles. The molecule has 6 heteroatoms. The van der Waals surface area contributed by atoms with E-state index in [9.17, 15) is 9.90 Å². The fourth-order valence-corrected chi connectivity index (χ4v) is 1.75. The van der Waals surface area contributed by atoms with Crippen LogP contribution in [0.2, 0.25) is 0 Å². The van der Waals surface area contributed by atoms with E-state index in [0.717, 1.165) is 0 Å². The molecule has 0 aromatic carbocycles. The van der Waals surface area contributed by atoms with Crippen LogP contribution in [-0.2, 0) is 4.79 Å². The lowest BCUT2D eigenvalue weighted by Gasteiger charge is -2.06. The molecule has 0 bridgehead atoms. The highest BCUT2D eigenvalue weighted by atomic mass is 79.9. The molecule has 0 aliphatic carbocycles. The van der Waals surface area contributed by atoms with Crippen molar-refractivity contribution in [1.82, 2.24) is 9.97 Å². The van der Waals surface area contributed by atoms with Crippen LogP contribution in [0.25, 0.3) is 10.9 Å². The first-order chi connectivity index (χ1) is 7.59. The minimum absolute atomic E-state index is 0.148. The molecular formula is C10H7BrN2O3. The molecule has 0 amide bonds. The van der Waals surface area contributed by atoms with Gasteiger partial charge in [0.1, 0.15) is 10.1 Å². The molecule has 0 aliphatic heterocycles. The maximum atomic E-state index is 10.8. The topological polar surface area (TPSA) is 72.3 Å². The molecular weight excluding hydrogens is 276 g/mol. The van der Waals surface area contributed by atoms with Gasteiger partial charge in [-0.15, -0.1) is 0 Å². The largest absolute Gasteiger partial charge is 0.502 e. The van der Waals surface area contributed by atoms with Crippen LogP contribution in [0.15, 0.2) is 22.9 Å². The van der Waals surface area contributed by atoms with E-state index in [0.29, 0.717) is 15.5 Å². The molecule has 0 saturated heterocycles. The van der Waals surface area contributed by atoms with E-state index in [-0.39, 0.29) is 11.6 Å². The number of esters is 1. The Hall–Kier alpha value is -1.69. The molecule has 82 valence electrons. The van der Waals surface area contributed by atoms with Gasteiger partial charge >= 0.3 is 5.97 Å². The molecule has 0 radical (unpaired) electrons. The first kappa shape index (κ1) is 10.8. The number of aromatic nitrogens is 2. The number of carbonyl (C=O) groups is 1. The van der Waals surface area contributed by atoms with Crippen LogP contribution < -0.4 is 4.74 Å². The highest BCUT2D eigenvalue weighted by molar-refractivity contribution is 9.10. The number of hydrogen-bond donors (Lipinski definition) is 1. The Bertz CT molecular complexity index is 571. The Balaban J connectivity index is 2.70. The van der Waals surface area contributed by atoms with Crippen molar-refractivity contribution in [2.24, 2.45) is 0 Å². The molecule has 2 aromatic rings. The second kappa shape index (κ2) is 4.05. The van der Waals surface area contributed by atoms with Crippen molar-refractivity contribution in [1.29, 1.82) is 0 Å². The van der Waals surface area contributed by atoms with Crippen molar-refractivity contribution in [3.8, 4) is 11.6 Å². The van der Waals surface area contributed by atoms with Gasteiger partial charge < -0.3 is 9.84 Å². The molecule has 0 fully saturated rings. The molecule has 0 aliphatic rings. The summed E-state index contributed by atoms with van der Waals surface area (Å²) in [6.45, 7) is 1.23. The van der Waals surface area contributed by atoms with E-state index in [1.165, 1.54) is 13.1 Å². The Morgan fingerprint density at radius 1 is 1.56 bits per heavy atom. The molecule has 0 spiro atoms. The number of fused-ring (bicyclic) bond motifs is 1. The van der Waals surface area contributed by atoms with Gasteiger partial charge in [-0.3, -0.25) is 9.78 Å². The Labute approximate surface area is 99.2 Å². The number of hydrogen-bond acceptors (Lipinski definition) is 5. The van der Waals surface area contributed by atoms with Crippen molar-refractivity contribution in [3.63, 3.8) is 0 Å². The number of carbonyl (C=O) groups excluding carboxylic acids is 1. The summed E-state index contributed by atoms with van der Waals surface area (Å²) in [6, 6.07) is 3.47. The lowest BCUT2D eigenvalue weighted by atomic mass is 10.2. The van der Waals surface area contributed by atoms with Crippen molar-refractivity contribution < 1.29 is 14.6 Å². The fraction of sp³-hybridized carbons (Fsp3) is 0.100. The Kier molecular flexibility index (Phi) is 2.74. The average Bonchev–Trinajstić information content (AvgIpc) is 2.25. The highest BCUT2D eigenvalue weighted by Crippen LogP contribution is 2.34. The maximum absolute atomic E-state index is 10.8. The number of nitrogens with zero attached hydrogens (tertiary/aromatic N) is 2. The van der Waals surface area contributed by atoms with Crippen LogP contribution in [0.3, 0.4) is 0 Å². The number of halogens is 1. The van der Waals surface area contributed by atoms with Gasteiger partial charge in [-0.1, -0.05) is 0 Å². The van der Waals surface area contributed by atoms with Crippen molar-refractivity contribution in [3.05, 3.63) is 22.9 Å². The average molecular weight is 283 g/mol. The third kappa shape index (κ3) is 1.83. The SMILES string of the molecule is CC(=O)Oc1nc(Br)c2cccnc2c1O. The van der Waals surface area contributed by atoms with Gasteiger partial charge in [0.2, 0.25) is 5.75 Å². The van der Waals surface area contributed by atoms with Gasteiger partial charge in [0.05, 0.1) is 0 Å². The van der Waals surface area contributed by atoms with Gasteiger partial charge in [-0.25, -0.2) is 4.98 Å². The van der Waals surface area contributed by atoms with Crippen LogP contribution in [-0.4, -0.2) is 21.0 Å². The molecule has 1 N–H and O–H groups in total. The molecule has 0 unspecified atom stereocenters. The van der Waals surface area contributed by atoms with Crippen molar-refractivity contribution in [2.45, 2.75) is 6.92 Å². The standard InChI is InChI=1S/C10H7BrN2O3/c1-5(14)16-10-8(15)7-6(9(11)13-10)3-2-4-12-7/h2-4,15H,1H3. The van der Waals surface area contributed by atoms with Gasteiger partial charge in [0.25, 0.3) is 5.88 Å². The van der Waals surface area contributed by atoms with Crippen LogP contribution in [0, 0.1) is 0 Å². The minimum Gasteiger partial charge on any atom is -0.502 e. The fourth-order valence-electron chi connectivity index (χ4n) is 1.27. The van der Waals surface area contributed by atoms with E-state index in [1.54, 1.807) is 12.1 Å². The number of pyridine rings is 2. The monoisotopic (exact) mass is 282 g/mol. The Morgan fingerprint density at radius 2 is 2.31 bits per heavy atom. The molecule has 0 atom stereocenters. The first-order valence-corrected chi connectivity index (χ1v) is 5.20. The van der Waals surface area contributed by atoms with Crippen LogP contribution in [0.5, 0.6) is 11.6 Å². The van der Waals surface area contributed by atoms with Gasteiger partial charge in [0, 0.05) is 18.5 Å². The van der Waals surface area contributed by atoms with Crippen LogP contribution in [0.1, 0.15) is 6.92 Å². The van der Waals surface area contributed by atoms with Crippen molar-refractivity contribution in [2.75, 3.05) is 0 Å². The van der Waals surface area contributed by atoms with E-state index in [2.05, 4.69) is 25.9 Å². The zero-order valence-corrected chi connectivity index (χ0v) is 9.85. The van der Waals surface area contributed by atoms with Gasteiger partial charge in [-0.05, 0) is 28.1 Å². The third-order valence-corrected chi connectivity index (χ3v) is 2.50. The normalized spacial score (nSPS) is 10.4. The smallest absolute Gasteiger partial charge is 0.309 e. The number of rotatable bonds is 1. The Morgan fingerprint density at radius 3 is 3.00 bits per heavy atom. The summed E-state index contributed by atoms with van der Waals surface area (Å²) in [7, 11) is 0. The molecule has 0 saturated carbocycles. The summed E-state index contributed by atoms with van der Waals surface area (Å²) in [5.74, 6) is -0.940. The summed E-state index contributed by atoms with van der Waals surface area (Å²) in [5.41, 5.74) is 0.334. The number of ether oxygens (including phenoxy) is 1. The second-order valence-corrected chi connectivity index (χ2v) is 3.80. The zero-order chi connectivity index (χ0) is 11.7. The molecule has 2 rings (SSSR count). The summed E-state index contributed by atoms with van der Waals surface area (Å²) >= 11 is 3.22. The third-order valence-electron chi connectivity index (χ3n) is 1.90. The summed E-state index contributed by atoms with van der Waals surface area (Å²) in [4.78, 5) is 18.7.